The van der Waals surface area contributed by atoms with E-state index >= 15 is 0 Å². The molecule has 0 spiro atoms. The van der Waals surface area contributed by atoms with Crippen LogP contribution in [0.1, 0.15) is 31.5 Å². The van der Waals surface area contributed by atoms with E-state index in [0.717, 1.165) is 40.4 Å². The molecule has 0 fully saturated rings. The Hall–Kier alpha value is -2.62. The van der Waals surface area contributed by atoms with Gasteiger partial charge < -0.3 is 4.90 Å². The number of sulfonamides is 1. The predicted molar refractivity (Wildman–Crippen MR) is 126 cm³/mol. The van der Waals surface area contributed by atoms with Gasteiger partial charge in [0.1, 0.15) is 5.01 Å². The fourth-order valence-electron chi connectivity index (χ4n) is 3.97. The predicted octanol–water partition coefficient (Wildman–Crippen LogP) is 3.76. The first kappa shape index (κ1) is 22.6. The third-order valence-electron chi connectivity index (χ3n) is 5.61. The quantitative estimate of drug-likeness (QED) is 0.525. The second kappa shape index (κ2) is 9.48. The summed E-state index contributed by atoms with van der Waals surface area (Å²) >= 11 is 1.50. The number of amides is 1. The summed E-state index contributed by atoms with van der Waals surface area (Å²) in [4.78, 5) is 23.9. The summed E-state index contributed by atoms with van der Waals surface area (Å²) in [6.07, 6.45) is 5.23. The molecular formula is C23H26N4O3S2. The molecule has 2 aromatic heterocycles. The number of hydrogen-bond acceptors (Lipinski definition) is 6. The number of anilines is 1. The zero-order chi connectivity index (χ0) is 22.7. The Morgan fingerprint density at radius 3 is 2.75 bits per heavy atom. The number of fused-ring (bicyclic) bond motifs is 1. The molecule has 0 radical (unpaired) electrons. The SMILES string of the molecule is CCN(CC)S(=O)(=O)c1ccc2c(c1)CCCN2C(=O)Cc1csc(-c2cccnc2)n1. The van der Waals surface area contributed by atoms with Gasteiger partial charge in [0, 0.05) is 48.7 Å². The van der Waals surface area contributed by atoms with Crippen molar-refractivity contribution in [3.05, 3.63) is 59.4 Å². The first-order valence-electron chi connectivity index (χ1n) is 10.7. The highest BCUT2D eigenvalue weighted by molar-refractivity contribution is 7.89. The van der Waals surface area contributed by atoms with Gasteiger partial charge in [0.25, 0.3) is 0 Å². The number of aromatic nitrogens is 2. The fraction of sp³-hybridized carbons (Fsp3) is 0.348. The Balaban J connectivity index is 1.54. The number of aryl methyl sites for hydroxylation is 1. The van der Waals surface area contributed by atoms with Crippen LogP contribution in [0.4, 0.5) is 5.69 Å². The lowest BCUT2D eigenvalue weighted by atomic mass is 10.0. The van der Waals surface area contributed by atoms with Crippen LogP contribution in [-0.2, 0) is 27.7 Å². The summed E-state index contributed by atoms with van der Waals surface area (Å²) in [6, 6.07) is 8.92. The fourth-order valence-corrected chi connectivity index (χ4v) is 6.29. The number of carbonyl (C=O) groups excluding carboxylic acids is 1. The zero-order valence-electron chi connectivity index (χ0n) is 18.2. The molecule has 7 nitrogen and oxygen atoms in total. The summed E-state index contributed by atoms with van der Waals surface area (Å²) in [5, 5.41) is 2.75. The second-order valence-electron chi connectivity index (χ2n) is 7.59. The van der Waals surface area contributed by atoms with E-state index in [2.05, 4.69) is 9.97 Å². The average molecular weight is 471 g/mol. The minimum Gasteiger partial charge on any atom is -0.312 e. The molecule has 0 saturated carbocycles. The van der Waals surface area contributed by atoms with Crippen LogP contribution < -0.4 is 4.90 Å². The van der Waals surface area contributed by atoms with Crippen LogP contribution in [0.2, 0.25) is 0 Å². The van der Waals surface area contributed by atoms with Gasteiger partial charge in [-0.05, 0) is 48.7 Å². The molecule has 0 N–H and O–H groups in total. The molecule has 0 atom stereocenters. The van der Waals surface area contributed by atoms with E-state index < -0.39 is 10.0 Å². The van der Waals surface area contributed by atoms with Crippen molar-refractivity contribution < 1.29 is 13.2 Å². The monoisotopic (exact) mass is 470 g/mol. The van der Waals surface area contributed by atoms with Crippen LogP contribution in [0.25, 0.3) is 10.6 Å². The first-order valence-corrected chi connectivity index (χ1v) is 13.0. The van der Waals surface area contributed by atoms with E-state index in [9.17, 15) is 13.2 Å². The Morgan fingerprint density at radius 1 is 1.22 bits per heavy atom. The van der Waals surface area contributed by atoms with Gasteiger partial charge in [-0.1, -0.05) is 13.8 Å². The second-order valence-corrected chi connectivity index (χ2v) is 10.4. The van der Waals surface area contributed by atoms with Crippen LogP contribution in [-0.4, -0.2) is 48.2 Å². The maximum absolute atomic E-state index is 13.1. The number of pyridine rings is 1. The van der Waals surface area contributed by atoms with Crippen LogP contribution in [0, 0.1) is 0 Å². The molecule has 4 rings (SSSR count). The third kappa shape index (κ3) is 4.46. The lowest BCUT2D eigenvalue weighted by Crippen LogP contribution is -2.37. The van der Waals surface area contributed by atoms with Gasteiger partial charge in [-0.15, -0.1) is 11.3 Å². The van der Waals surface area contributed by atoms with Gasteiger partial charge in [-0.3, -0.25) is 9.78 Å². The van der Waals surface area contributed by atoms with Gasteiger partial charge in [-0.2, -0.15) is 4.31 Å². The molecular weight excluding hydrogens is 444 g/mol. The average Bonchev–Trinajstić information content (AvgIpc) is 3.28. The van der Waals surface area contributed by atoms with Gasteiger partial charge >= 0.3 is 0 Å². The van der Waals surface area contributed by atoms with Crippen LogP contribution >= 0.6 is 11.3 Å². The standard InChI is InChI=1S/C23H26N4O3S2/c1-3-26(4-2)32(29,30)20-9-10-21-17(13-20)8-6-12-27(21)22(28)14-19-16-31-23(25-19)18-7-5-11-24-15-18/h5,7,9-11,13,15-16H,3-4,6,8,12,14H2,1-2H3. The Bertz CT molecular complexity index is 1200. The van der Waals surface area contributed by atoms with E-state index in [0.29, 0.717) is 19.6 Å². The summed E-state index contributed by atoms with van der Waals surface area (Å²) in [5.41, 5.74) is 3.35. The summed E-state index contributed by atoms with van der Waals surface area (Å²) < 4.78 is 27.2. The topological polar surface area (TPSA) is 83.5 Å². The van der Waals surface area contributed by atoms with Crippen molar-refractivity contribution in [3.8, 4) is 10.6 Å². The normalized spacial score (nSPS) is 13.9. The van der Waals surface area contributed by atoms with Gasteiger partial charge in [0.15, 0.2) is 0 Å². The number of hydrogen-bond donors (Lipinski definition) is 0. The van der Waals surface area contributed by atoms with E-state index in [4.69, 9.17) is 0 Å². The molecule has 32 heavy (non-hydrogen) atoms. The molecule has 1 amide bonds. The molecule has 0 aliphatic carbocycles. The molecule has 9 heteroatoms. The zero-order valence-corrected chi connectivity index (χ0v) is 19.8. The molecule has 0 bridgehead atoms. The molecule has 1 aliphatic rings. The minimum atomic E-state index is -3.53. The van der Waals surface area contributed by atoms with Crippen LogP contribution in [0.3, 0.4) is 0 Å². The summed E-state index contributed by atoms with van der Waals surface area (Å²) in [6.45, 7) is 5.13. The molecule has 0 unspecified atom stereocenters. The molecule has 3 aromatic rings. The number of rotatable bonds is 7. The van der Waals surface area contributed by atoms with Crippen molar-refractivity contribution in [1.82, 2.24) is 14.3 Å². The van der Waals surface area contributed by atoms with Gasteiger partial charge in [0.05, 0.1) is 17.0 Å². The maximum Gasteiger partial charge on any atom is 0.243 e. The largest absolute Gasteiger partial charge is 0.312 e. The number of benzene rings is 1. The number of nitrogens with zero attached hydrogens (tertiary/aromatic N) is 4. The highest BCUT2D eigenvalue weighted by Crippen LogP contribution is 2.31. The summed E-state index contributed by atoms with van der Waals surface area (Å²) in [7, 11) is -3.53. The van der Waals surface area contributed by atoms with E-state index in [1.54, 1.807) is 35.5 Å². The lowest BCUT2D eigenvalue weighted by Gasteiger charge is -2.30. The summed E-state index contributed by atoms with van der Waals surface area (Å²) in [5.74, 6) is -0.0339. The Labute approximate surface area is 192 Å². The number of thiazole rings is 1. The van der Waals surface area contributed by atoms with Crippen molar-refractivity contribution in [2.24, 2.45) is 0 Å². The van der Waals surface area contributed by atoms with E-state index in [-0.39, 0.29) is 17.2 Å². The van der Waals surface area contributed by atoms with E-state index in [1.165, 1.54) is 15.6 Å². The smallest absolute Gasteiger partial charge is 0.243 e. The molecule has 3 heterocycles. The van der Waals surface area contributed by atoms with Crippen molar-refractivity contribution >= 4 is 33.0 Å². The van der Waals surface area contributed by atoms with Crippen molar-refractivity contribution in [1.29, 1.82) is 0 Å². The van der Waals surface area contributed by atoms with Gasteiger partial charge in [0.2, 0.25) is 15.9 Å². The van der Waals surface area contributed by atoms with Crippen LogP contribution in [0.15, 0.2) is 53.0 Å². The van der Waals surface area contributed by atoms with E-state index in [1.807, 2.05) is 31.4 Å². The maximum atomic E-state index is 13.1. The molecule has 1 aromatic carbocycles. The third-order valence-corrected chi connectivity index (χ3v) is 8.59. The molecule has 0 saturated heterocycles. The first-order chi connectivity index (χ1) is 15.4. The van der Waals surface area contributed by atoms with Crippen molar-refractivity contribution in [2.75, 3.05) is 24.5 Å². The number of carbonyl (C=O) groups is 1. The van der Waals surface area contributed by atoms with Crippen LogP contribution in [0.5, 0.6) is 0 Å². The Kier molecular flexibility index (Phi) is 6.68. The molecule has 1 aliphatic heterocycles. The van der Waals surface area contributed by atoms with Crippen molar-refractivity contribution in [2.45, 2.75) is 38.0 Å². The lowest BCUT2D eigenvalue weighted by molar-refractivity contribution is -0.118. The van der Waals surface area contributed by atoms with Gasteiger partial charge in [-0.25, -0.2) is 13.4 Å². The highest BCUT2D eigenvalue weighted by atomic mass is 32.2. The highest BCUT2D eigenvalue weighted by Gasteiger charge is 2.27. The molecule has 168 valence electrons. The minimum absolute atomic E-state index is 0.0339. The van der Waals surface area contributed by atoms with Crippen molar-refractivity contribution in [3.63, 3.8) is 0 Å². The Morgan fingerprint density at radius 2 is 2.03 bits per heavy atom.